The van der Waals surface area contributed by atoms with Gasteiger partial charge in [0, 0.05) is 24.0 Å². The molecule has 0 radical (unpaired) electrons. The van der Waals surface area contributed by atoms with Crippen molar-refractivity contribution in [1.29, 1.82) is 0 Å². The molecule has 2 N–H and O–H groups in total. The number of nitrogens with zero attached hydrogens (tertiary/aromatic N) is 4. The Morgan fingerprint density at radius 2 is 2.00 bits per heavy atom. The van der Waals surface area contributed by atoms with E-state index in [0.717, 1.165) is 28.1 Å². The Labute approximate surface area is 150 Å². The molecule has 7 heteroatoms. The minimum absolute atomic E-state index is 0.0790. The lowest BCUT2D eigenvalue weighted by molar-refractivity contribution is 0.305. The van der Waals surface area contributed by atoms with Gasteiger partial charge in [0.25, 0.3) is 0 Å². The minimum atomic E-state index is 0.0790. The summed E-state index contributed by atoms with van der Waals surface area (Å²) < 4.78 is 5.80. The summed E-state index contributed by atoms with van der Waals surface area (Å²) >= 11 is 0. The van der Waals surface area contributed by atoms with Crippen LogP contribution in [-0.4, -0.2) is 25.1 Å². The number of ether oxygens (including phenoxy) is 1. The predicted octanol–water partition coefficient (Wildman–Crippen LogP) is 3.50. The number of fused-ring (bicyclic) bond motifs is 1. The van der Waals surface area contributed by atoms with E-state index in [-0.39, 0.29) is 6.04 Å². The van der Waals surface area contributed by atoms with E-state index in [4.69, 9.17) is 4.74 Å². The molecule has 4 aromatic rings. The zero-order valence-corrected chi connectivity index (χ0v) is 14.3. The summed E-state index contributed by atoms with van der Waals surface area (Å²) in [5, 5.41) is 11.1. The zero-order chi connectivity index (χ0) is 17.8. The van der Waals surface area contributed by atoms with Gasteiger partial charge in [0.15, 0.2) is 5.65 Å². The van der Waals surface area contributed by atoms with Crippen molar-refractivity contribution in [3.05, 3.63) is 72.4 Å². The second-order valence-corrected chi connectivity index (χ2v) is 5.94. The molecule has 0 spiro atoms. The van der Waals surface area contributed by atoms with Gasteiger partial charge in [0.2, 0.25) is 0 Å². The minimum Gasteiger partial charge on any atom is -0.489 e. The standard InChI is InChI=1S/C19H18N6O/c1-13(24-18-17-10-23-25-19(17)22-12-21-18)15-4-6-16(7-5-15)26-11-14-3-2-8-20-9-14/h2-10,12-13H,11H2,1H3,(H2,21,22,23,24,25). The van der Waals surface area contributed by atoms with Crippen LogP contribution in [0.25, 0.3) is 11.0 Å². The number of benzene rings is 1. The van der Waals surface area contributed by atoms with Crippen LogP contribution in [0.15, 0.2) is 61.3 Å². The van der Waals surface area contributed by atoms with Crippen molar-refractivity contribution >= 4 is 16.9 Å². The van der Waals surface area contributed by atoms with Gasteiger partial charge in [-0.15, -0.1) is 0 Å². The largest absolute Gasteiger partial charge is 0.489 e. The number of aromatic amines is 1. The number of hydrogen-bond acceptors (Lipinski definition) is 6. The Kier molecular flexibility index (Phi) is 4.42. The van der Waals surface area contributed by atoms with Crippen LogP contribution >= 0.6 is 0 Å². The highest BCUT2D eigenvalue weighted by Crippen LogP contribution is 2.24. The molecule has 7 nitrogen and oxygen atoms in total. The molecule has 1 unspecified atom stereocenters. The van der Waals surface area contributed by atoms with Crippen LogP contribution in [-0.2, 0) is 6.61 Å². The van der Waals surface area contributed by atoms with Gasteiger partial charge < -0.3 is 10.1 Å². The van der Waals surface area contributed by atoms with Gasteiger partial charge in [-0.25, -0.2) is 9.97 Å². The Hall–Kier alpha value is -3.48. The first-order valence-corrected chi connectivity index (χ1v) is 8.32. The van der Waals surface area contributed by atoms with E-state index in [1.807, 2.05) is 36.4 Å². The van der Waals surface area contributed by atoms with E-state index in [1.165, 1.54) is 6.33 Å². The first-order chi connectivity index (χ1) is 12.8. The Balaban J connectivity index is 1.42. The Morgan fingerprint density at radius 3 is 2.81 bits per heavy atom. The number of aromatic nitrogens is 5. The summed E-state index contributed by atoms with van der Waals surface area (Å²) in [7, 11) is 0. The van der Waals surface area contributed by atoms with Crippen LogP contribution < -0.4 is 10.1 Å². The second-order valence-electron chi connectivity index (χ2n) is 5.94. The molecular weight excluding hydrogens is 328 g/mol. The molecule has 0 aliphatic carbocycles. The maximum absolute atomic E-state index is 5.80. The normalized spacial score (nSPS) is 12.0. The highest BCUT2D eigenvalue weighted by atomic mass is 16.5. The van der Waals surface area contributed by atoms with E-state index in [9.17, 15) is 0 Å². The van der Waals surface area contributed by atoms with Crippen LogP contribution in [0.1, 0.15) is 24.1 Å². The second kappa shape index (κ2) is 7.18. The fourth-order valence-electron chi connectivity index (χ4n) is 2.67. The van der Waals surface area contributed by atoms with E-state index in [1.54, 1.807) is 18.6 Å². The summed E-state index contributed by atoms with van der Waals surface area (Å²) in [6, 6.07) is 12.0. The molecule has 1 aromatic carbocycles. The highest BCUT2D eigenvalue weighted by Gasteiger charge is 2.10. The van der Waals surface area contributed by atoms with Crippen LogP contribution in [0.2, 0.25) is 0 Å². The quantitative estimate of drug-likeness (QED) is 0.555. The molecule has 0 fully saturated rings. The lowest BCUT2D eigenvalue weighted by Crippen LogP contribution is -2.08. The molecule has 0 saturated heterocycles. The van der Waals surface area contributed by atoms with Crippen molar-refractivity contribution in [2.24, 2.45) is 0 Å². The molecule has 26 heavy (non-hydrogen) atoms. The maximum Gasteiger partial charge on any atom is 0.160 e. The molecule has 0 aliphatic heterocycles. The van der Waals surface area contributed by atoms with Gasteiger partial charge >= 0.3 is 0 Å². The molecule has 0 saturated carbocycles. The van der Waals surface area contributed by atoms with E-state index >= 15 is 0 Å². The van der Waals surface area contributed by atoms with Gasteiger partial charge in [-0.05, 0) is 30.7 Å². The summed E-state index contributed by atoms with van der Waals surface area (Å²) in [6.45, 7) is 2.58. The first kappa shape index (κ1) is 16.0. The van der Waals surface area contributed by atoms with Crippen LogP contribution in [0.5, 0.6) is 5.75 Å². The van der Waals surface area contributed by atoms with Crippen molar-refractivity contribution in [3.8, 4) is 5.75 Å². The molecule has 3 aromatic heterocycles. The van der Waals surface area contributed by atoms with Gasteiger partial charge in [-0.3, -0.25) is 10.1 Å². The first-order valence-electron chi connectivity index (χ1n) is 8.32. The topological polar surface area (TPSA) is 88.6 Å². The van der Waals surface area contributed by atoms with Crippen molar-refractivity contribution in [1.82, 2.24) is 25.1 Å². The molecule has 0 bridgehead atoms. The van der Waals surface area contributed by atoms with Crippen molar-refractivity contribution < 1.29 is 4.74 Å². The van der Waals surface area contributed by atoms with Gasteiger partial charge in [0.05, 0.1) is 11.6 Å². The average Bonchev–Trinajstić information content (AvgIpc) is 3.17. The third-order valence-corrected chi connectivity index (χ3v) is 4.11. The summed E-state index contributed by atoms with van der Waals surface area (Å²) in [4.78, 5) is 12.5. The van der Waals surface area contributed by atoms with E-state index < -0.39 is 0 Å². The molecule has 0 amide bonds. The number of pyridine rings is 1. The van der Waals surface area contributed by atoms with Gasteiger partial charge in [-0.2, -0.15) is 5.10 Å². The third-order valence-electron chi connectivity index (χ3n) is 4.11. The van der Waals surface area contributed by atoms with Gasteiger partial charge in [-0.1, -0.05) is 18.2 Å². The van der Waals surface area contributed by atoms with Gasteiger partial charge in [0.1, 0.15) is 24.5 Å². The molecule has 130 valence electrons. The number of H-pyrrole nitrogens is 1. The third kappa shape index (κ3) is 3.46. The smallest absolute Gasteiger partial charge is 0.160 e. The molecule has 4 rings (SSSR count). The molecule has 3 heterocycles. The summed E-state index contributed by atoms with van der Waals surface area (Å²) in [5.41, 5.74) is 2.89. The molecule has 0 aliphatic rings. The van der Waals surface area contributed by atoms with Crippen LogP contribution in [0.4, 0.5) is 5.82 Å². The Morgan fingerprint density at radius 1 is 1.12 bits per heavy atom. The lowest BCUT2D eigenvalue weighted by atomic mass is 10.1. The fourth-order valence-corrected chi connectivity index (χ4v) is 2.67. The number of hydrogen-bond donors (Lipinski definition) is 2. The lowest BCUT2D eigenvalue weighted by Gasteiger charge is -2.16. The molecular formula is C19H18N6O. The van der Waals surface area contributed by atoms with Crippen molar-refractivity contribution in [2.45, 2.75) is 19.6 Å². The Bertz CT molecular complexity index is 984. The number of anilines is 1. The van der Waals surface area contributed by atoms with E-state index in [2.05, 4.69) is 37.4 Å². The SMILES string of the molecule is CC(Nc1ncnc2[nH]ncc12)c1ccc(OCc2cccnc2)cc1. The van der Waals surface area contributed by atoms with Crippen LogP contribution in [0, 0.1) is 0 Å². The number of rotatable bonds is 6. The highest BCUT2D eigenvalue weighted by molar-refractivity contribution is 5.85. The average molecular weight is 346 g/mol. The fraction of sp³-hybridized carbons (Fsp3) is 0.158. The monoisotopic (exact) mass is 346 g/mol. The predicted molar refractivity (Wildman–Crippen MR) is 98.7 cm³/mol. The van der Waals surface area contributed by atoms with Crippen molar-refractivity contribution in [2.75, 3.05) is 5.32 Å². The molecule has 1 atom stereocenters. The summed E-state index contributed by atoms with van der Waals surface area (Å²) in [6.07, 6.45) is 6.80. The zero-order valence-electron chi connectivity index (χ0n) is 14.3. The van der Waals surface area contributed by atoms with Crippen LogP contribution in [0.3, 0.4) is 0 Å². The number of nitrogens with one attached hydrogen (secondary N) is 2. The summed E-state index contributed by atoms with van der Waals surface area (Å²) in [5.74, 6) is 1.58. The van der Waals surface area contributed by atoms with E-state index in [0.29, 0.717) is 12.3 Å². The van der Waals surface area contributed by atoms with Crippen molar-refractivity contribution in [3.63, 3.8) is 0 Å². The maximum atomic E-state index is 5.80.